The smallest absolute Gasteiger partial charge is 0.334 e. The van der Waals surface area contributed by atoms with E-state index in [-0.39, 0.29) is 41.9 Å². The highest BCUT2D eigenvalue weighted by Crippen LogP contribution is 2.57. The van der Waals surface area contributed by atoms with Gasteiger partial charge in [0.15, 0.2) is 5.17 Å². The lowest BCUT2D eigenvalue weighted by Crippen LogP contribution is -2.66. The van der Waals surface area contributed by atoms with Gasteiger partial charge in [0, 0.05) is 42.6 Å². The zero-order valence-corrected chi connectivity index (χ0v) is 32.2. The van der Waals surface area contributed by atoms with Crippen LogP contribution in [0, 0.1) is 11.7 Å². The van der Waals surface area contributed by atoms with Crippen LogP contribution in [-0.4, -0.2) is 90.4 Å². The first-order valence-electron chi connectivity index (χ1n) is 17.8. The normalized spacial score (nSPS) is 28.0. The van der Waals surface area contributed by atoms with Gasteiger partial charge in [-0.15, -0.1) is 0 Å². The van der Waals surface area contributed by atoms with Gasteiger partial charge in [-0.3, -0.25) is 14.4 Å². The summed E-state index contributed by atoms with van der Waals surface area (Å²) in [6, 6.07) is 5.75. The first kappa shape index (κ1) is 37.9. The predicted octanol–water partition coefficient (Wildman–Crippen LogP) is 7.69. The number of amidine groups is 1. The molecule has 7 rings (SSSR count). The second kappa shape index (κ2) is 13.4. The number of aliphatic imine (C=N–C) groups is 1. The molecule has 53 heavy (non-hydrogen) atoms. The van der Waals surface area contributed by atoms with E-state index in [0.717, 1.165) is 10.5 Å². The summed E-state index contributed by atoms with van der Waals surface area (Å²) >= 11 is 13.5. The molecule has 1 aromatic carbocycles. The Kier molecular flexibility index (Phi) is 9.62. The molecule has 9 nitrogen and oxygen atoms in total. The summed E-state index contributed by atoms with van der Waals surface area (Å²) in [5, 5.41) is 0.816. The molecule has 16 heteroatoms. The number of piperazine rings is 1. The van der Waals surface area contributed by atoms with Crippen LogP contribution in [0.2, 0.25) is 10.2 Å². The number of fused-ring (bicyclic) bond motifs is 1. The van der Waals surface area contributed by atoms with Crippen molar-refractivity contribution in [2.24, 2.45) is 10.9 Å². The number of nitrogens with zero attached hydrogens (tertiary/aromatic N) is 6. The topological polar surface area (TPSA) is 89.4 Å². The summed E-state index contributed by atoms with van der Waals surface area (Å²) in [6.07, 6.45) is -1.31. The first-order chi connectivity index (χ1) is 24.9. The molecule has 1 aliphatic carbocycles. The molecule has 4 aliphatic heterocycles. The number of aromatic nitrogens is 1. The number of amides is 3. The monoisotopic (exact) mass is 794 g/mol. The van der Waals surface area contributed by atoms with Gasteiger partial charge in [-0.2, -0.15) is 13.2 Å². The third-order valence-corrected chi connectivity index (χ3v) is 13.0. The Balaban J connectivity index is 1.23. The summed E-state index contributed by atoms with van der Waals surface area (Å²) in [5.41, 5.74) is -0.0284. The molecule has 3 amide bonds. The van der Waals surface area contributed by atoms with Crippen LogP contribution in [0.15, 0.2) is 52.1 Å². The fraction of sp³-hybridized carbons (Fsp3) is 0.541. The number of hydrogen-bond acceptors (Lipinski definition) is 7. The lowest BCUT2D eigenvalue weighted by molar-refractivity contribution is -0.193. The highest BCUT2D eigenvalue weighted by molar-refractivity contribution is 8.18. The fourth-order valence-corrected chi connectivity index (χ4v) is 10.1. The van der Waals surface area contributed by atoms with Gasteiger partial charge in [-0.25, -0.2) is 14.4 Å². The number of benzene rings is 1. The van der Waals surface area contributed by atoms with Crippen LogP contribution < -0.4 is 0 Å². The van der Waals surface area contributed by atoms with Crippen molar-refractivity contribution in [3.8, 4) is 0 Å². The maximum absolute atomic E-state index is 15.1. The minimum atomic E-state index is -5.01. The molecule has 5 heterocycles. The Morgan fingerprint density at radius 1 is 1.09 bits per heavy atom. The average Bonchev–Trinajstić information content (AvgIpc) is 3.46. The minimum Gasteiger partial charge on any atom is -0.334 e. The molecule has 5 atom stereocenters. The second-order valence-corrected chi connectivity index (χ2v) is 16.9. The van der Waals surface area contributed by atoms with Crippen LogP contribution in [0.3, 0.4) is 0 Å². The highest BCUT2D eigenvalue weighted by atomic mass is 35.5. The molecule has 3 fully saturated rings. The van der Waals surface area contributed by atoms with E-state index < -0.39 is 47.1 Å². The molecule has 1 saturated carbocycles. The molecule has 0 radical (unpaired) electrons. The van der Waals surface area contributed by atoms with Gasteiger partial charge in [0.2, 0.25) is 5.91 Å². The zero-order chi connectivity index (χ0) is 38.4. The Labute approximate surface area is 319 Å². The summed E-state index contributed by atoms with van der Waals surface area (Å²) < 4.78 is 55.8. The number of carbonyl (C=O) groups is 3. The van der Waals surface area contributed by atoms with Crippen LogP contribution in [0.1, 0.15) is 83.9 Å². The lowest BCUT2D eigenvalue weighted by atomic mass is 9.81. The summed E-state index contributed by atoms with van der Waals surface area (Å²) in [7, 11) is 0. The Morgan fingerprint density at radius 3 is 2.40 bits per heavy atom. The summed E-state index contributed by atoms with van der Waals surface area (Å²) in [6.45, 7) is 9.31. The Hall–Kier alpha value is -3.36. The van der Waals surface area contributed by atoms with Crippen molar-refractivity contribution in [3.05, 3.63) is 74.3 Å². The van der Waals surface area contributed by atoms with E-state index in [0.29, 0.717) is 58.6 Å². The van der Waals surface area contributed by atoms with Gasteiger partial charge < -0.3 is 19.6 Å². The van der Waals surface area contributed by atoms with Crippen molar-refractivity contribution < 1.29 is 31.9 Å². The number of hydrogen-bond donors (Lipinski definition) is 0. The van der Waals surface area contributed by atoms with Crippen LogP contribution in [0.5, 0.6) is 0 Å². The molecule has 1 spiro atoms. The van der Waals surface area contributed by atoms with E-state index >= 15 is 4.39 Å². The second-order valence-electron chi connectivity index (χ2n) is 15.1. The van der Waals surface area contributed by atoms with Crippen molar-refractivity contribution in [2.45, 2.75) is 108 Å². The molecular weight excluding hydrogens is 755 g/mol. The van der Waals surface area contributed by atoms with Crippen LogP contribution >= 0.6 is 35.0 Å². The van der Waals surface area contributed by atoms with Crippen LogP contribution in [0.25, 0.3) is 0 Å². The molecular formula is C37H40Cl2F4N6O3S. The van der Waals surface area contributed by atoms with Crippen molar-refractivity contribution in [2.75, 3.05) is 13.1 Å². The van der Waals surface area contributed by atoms with Crippen molar-refractivity contribution in [1.82, 2.24) is 24.6 Å². The number of likely N-dealkylation sites (tertiary alicyclic amines) is 1. The molecule has 2 saturated heterocycles. The third-order valence-electron chi connectivity index (χ3n) is 11.5. The van der Waals surface area contributed by atoms with Crippen LogP contribution in [0.4, 0.5) is 17.6 Å². The highest BCUT2D eigenvalue weighted by Gasteiger charge is 2.61. The van der Waals surface area contributed by atoms with E-state index in [4.69, 9.17) is 28.2 Å². The van der Waals surface area contributed by atoms with E-state index in [2.05, 4.69) is 4.98 Å². The van der Waals surface area contributed by atoms with Crippen molar-refractivity contribution in [1.29, 1.82) is 0 Å². The molecule has 284 valence electrons. The van der Waals surface area contributed by atoms with Gasteiger partial charge >= 0.3 is 12.1 Å². The maximum Gasteiger partial charge on any atom is 0.471 e. The van der Waals surface area contributed by atoms with E-state index in [1.807, 2.05) is 38.7 Å². The van der Waals surface area contributed by atoms with Gasteiger partial charge in [-0.1, -0.05) is 56.1 Å². The summed E-state index contributed by atoms with van der Waals surface area (Å²) in [4.78, 5) is 57.8. The van der Waals surface area contributed by atoms with Crippen molar-refractivity contribution in [3.63, 3.8) is 0 Å². The van der Waals surface area contributed by atoms with E-state index in [1.165, 1.54) is 23.9 Å². The fourth-order valence-electron chi connectivity index (χ4n) is 8.53. The first-order valence-corrected chi connectivity index (χ1v) is 19.4. The molecule has 2 aromatic rings. The molecule has 0 unspecified atom stereocenters. The van der Waals surface area contributed by atoms with Gasteiger partial charge in [-0.05, 0) is 87.4 Å². The maximum atomic E-state index is 15.1. The predicted molar refractivity (Wildman–Crippen MR) is 194 cm³/mol. The van der Waals surface area contributed by atoms with Gasteiger partial charge in [0.25, 0.3) is 5.91 Å². The van der Waals surface area contributed by atoms with Gasteiger partial charge in [0.05, 0.1) is 16.6 Å². The van der Waals surface area contributed by atoms with E-state index in [1.54, 1.807) is 35.1 Å². The third kappa shape index (κ3) is 6.30. The van der Waals surface area contributed by atoms with Crippen LogP contribution in [-0.2, 0) is 19.9 Å². The molecule has 1 aromatic heterocycles. The summed E-state index contributed by atoms with van der Waals surface area (Å²) in [5.74, 6) is -3.32. The average molecular weight is 796 g/mol. The number of alkyl halides is 3. The molecule has 0 N–H and O–H groups in total. The Bertz CT molecular complexity index is 1920. The number of halogens is 6. The number of allylic oxidation sites excluding steroid dienone is 1. The largest absolute Gasteiger partial charge is 0.471 e. The minimum absolute atomic E-state index is 0.00415. The standard InChI is InChI=1S/C37H40Cl2F4N6O3S/c1-6-23-17-47(33(52)37(41,42)43)36(13-14-36)18-46(23)31(50)26-11-7-20(4)48(26)32(51)29-28(19(2)3)49-30(21-8-10-24(38)25(40)15-21)35(5,45-34(49)53-29)22-9-12-27(39)44-16-22/h8-10,12,15-16,19-20,23,26,30H,6-7,11,13-14,17-18H2,1-5H3/t20-,23-,26+,30-,35+/m1/s1. The SMILES string of the molecule is CC[C@@H]1CN(C(=O)C(F)(F)F)C2(CC2)CN1C(=O)[C@@H]1CC[C@@H](C)N1C(=O)C1=C(C(C)C)N2C(=N[C@@](C)(c3ccc(Cl)nc3)[C@H]2c2ccc(Cl)c(F)c2)S1. The quantitative estimate of drug-likeness (QED) is 0.220. The van der Waals surface area contributed by atoms with E-state index in [9.17, 15) is 27.6 Å². The number of carbonyl (C=O) groups excluding carboxylic acids is 3. The molecule has 5 aliphatic rings. The lowest BCUT2D eigenvalue weighted by Gasteiger charge is -2.48. The van der Waals surface area contributed by atoms with Crippen molar-refractivity contribution >= 4 is 57.9 Å². The zero-order valence-electron chi connectivity index (χ0n) is 29.9. The number of pyridine rings is 1. The number of rotatable bonds is 6. The molecule has 0 bridgehead atoms. The Morgan fingerprint density at radius 2 is 1.81 bits per heavy atom. The van der Waals surface area contributed by atoms with Gasteiger partial charge in [0.1, 0.15) is 27.5 Å². The number of thioether (sulfide) groups is 1.